The van der Waals surface area contributed by atoms with Crippen LogP contribution in [-0.4, -0.2) is 29.2 Å². The van der Waals surface area contributed by atoms with Crippen molar-refractivity contribution in [3.63, 3.8) is 0 Å². The minimum atomic E-state index is -4.98. The van der Waals surface area contributed by atoms with Crippen LogP contribution in [0.25, 0.3) is 0 Å². The van der Waals surface area contributed by atoms with Crippen molar-refractivity contribution in [1.29, 1.82) is 0 Å². The van der Waals surface area contributed by atoms with Crippen LogP contribution in [0.3, 0.4) is 0 Å². The maximum atomic E-state index is 11.9. The van der Waals surface area contributed by atoms with Gasteiger partial charge < -0.3 is 10.4 Å². The number of hydrogen-bond acceptors (Lipinski definition) is 2. The van der Waals surface area contributed by atoms with Crippen molar-refractivity contribution < 1.29 is 27.9 Å². The van der Waals surface area contributed by atoms with Crippen LogP contribution in [0.1, 0.15) is 26.7 Å². The molecular weight excluding hydrogens is 227 g/mol. The zero-order valence-electron chi connectivity index (χ0n) is 8.97. The first-order valence-corrected chi connectivity index (χ1v) is 4.72. The molecule has 0 aliphatic carbocycles. The summed E-state index contributed by atoms with van der Waals surface area (Å²) in [5, 5.41) is 10.2. The number of carboxylic acid groups (broad SMARTS) is 1. The van der Waals surface area contributed by atoms with Crippen LogP contribution in [0.5, 0.6) is 0 Å². The number of amides is 1. The highest BCUT2D eigenvalue weighted by Gasteiger charge is 2.39. The number of carbonyl (C=O) groups excluding carboxylic acids is 1. The molecule has 94 valence electrons. The average molecular weight is 241 g/mol. The molecule has 16 heavy (non-hydrogen) atoms. The standard InChI is InChI=1S/C9H14F3NO3/c1-5(2)3-6(4-7(14)15)13-8(16)9(10,11)12/h5-6H,3-4H2,1-2H3,(H,13,16)(H,14,15)/t6-/m0/s1. The molecule has 0 aromatic carbocycles. The van der Waals surface area contributed by atoms with Crippen molar-refractivity contribution >= 4 is 11.9 Å². The summed E-state index contributed by atoms with van der Waals surface area (Å²) in [5.74, 6) is -3.34. The molecule has 0 aromatic heterocycles. The van der Waals surface area contributed by atoms with E-state index < -0.39 is 30.5 Å². The van der Waals surface area contributed by atoms with Gasteiger partial charge in [-0.1, -0.05) is 13.8 Å². The Morgan fingerprint density at radius 3 is 2.12 bits per heavy atom. The van der Waals surface area contributed by atoms with Crippen LogP contribution in [0.2, 0.25) is 0 Å². The summed E-state index contributed by atoms with van der Waals surface area (Å²) >= 11 is 0. The van der Waals surface area contributed by atoms with E-state index in [1.807, 2.05) is 0 Å². The van der Waals surface area contributed by atoms with E-state index in [1.54, 1.807) is 19.2 Å². The molecule has 7 heteroatoms. The van der Waals surface area contributed by atoms with Gasteiger partial charge in [-0.05, 0) is 12.3 Å². The molecule has 0 bridgehead atoms. The summed E-state index contributed by atoms with van der Waals surface area (Å²) in [6, 6.07) is -0.994. The first-order chi connectivity index (χ1) is 7.12. The summed E-state index contributed by atoms with van der Waals surface area (Å²) in [7, 11) is 0. The van der Waals surface area contributed by atoms with Crippen molar-refractivity contribution in [2.75, 3.05) is 0 Å². The van der Waals surface area contributed by atoms with E-state index in [9.17, 15) is 22.8 Å². The van der Waals surface area contributed by atoms with Gasteiger partial charge in [0.25, 0.3) is 0 Å². The summed E-state index contributed by atoms with van der Waals surface area (Å²) < 4.78 is 35.8. The molecule has 0 fully saturated rings. The molecule has 0 aliphatic heterocycles. The Hall–Kier alpha value is -1.27. The normalized spacial score (nSPS) is 13.6. The fourth-order valence-corrected chi connectivity index (χ4v) is 1.24. The zero-order valence-corrected chi connectivity index (χ0v) is 8.97. The van der Waals surface area contributed by atoms with Gasteiger partial charge in [0.15, 0.2) is 0 Å². The summed E-state index contributed by atoms with van der Waals surface area (Å²) in [6.07, 6.45) is -5.30. The fourth-order valence-electron chi connectivity index (χ4n) is 1.24. The van der Waals surface area contributed by atoms with E-state index in [-0.39, 0.29) is 12.3 Å². The molecule has 0 aromatic rings. The SMILES string of the molecule is CC(C)C[C@@H](CC(=O)O)NC(=O)C(F)(F)F. The first kappa shape index (κ1) is 14.7. The van der Waals surface area contributed by atoms with Gasteiger partial charge in [0.2, 0.25) is 0 Å². The molecular formula is C9H14F3NO3. The third kappa shape index (κ3) is 6.26. The molecule has 1 atom stereocenters. The number of rotatable bonds is 5. The van der Waals surface area contributed by atoms with Gasteiger partial charge in [0, 0.05) is 6.04 Å². The third-order valence-electron chi connectivity index (χ3n) is 1.77. The molecule has 0 radical (unpaired) electrons. The van der Waals surface area contributed by atoms with Gasteiger partial charge in [-0.25, -0.2) is 0 Å². The second-order valence-corrected chi connectivity index (χ2v) is 3.90. The molecule has 0 aliphatic rings. The minimum absolute atomic E-state index is 0.00196. The number of nitrogens with one attached hydrogen (secondary N) is 1. The maximum absolute atomic E-state index is 11.9. The van der Waals surface area contributed by atoms with Crippen molar-refractivity contribution in [3.8, 4) is 0 Å². The van der Waals surface area contributed by atoms with Crippen molar-refractivity contribution in [2.24, 2.45) is 5.92 Å². The summed E-state index contributed by atoms with van der Waals surface area (Å²) in [5.41, 5.74) is 0. The molecule has 0 saturated heterocycles. The van der Waals surface area contributed by atoms with Crippen LogP contribution in [0.15, 0.2) is 0 Å². The predicted octanol–water partition coefficient (Wildman–Crippen LogP) is 1.55. The largest absolute Gasteiger partial charge is 0.481 e. The topological polar surface area (TPSA) is 66.4 Å². The van der Waals surface area contributed by atoms with Crippen molar-refractivity contribution in [1.82, 2.24) is 5.32 Å². The fraction of sp³-hybridized carbons (Fsp3) is 0.778. The number of hydrogen-bond donors (Lipinski definition) is 2. The number of alkyl halides is 3. The Bertz CT molecular complexity index is 263. The Kier molecular flexibility index (Phi) is 5.26. The maximum Gasteiger partial charge on any atom is 0.471 e. The van der Waals surface area contributed by atoms with Gasteiger partial charge in [-0.3, -0.25) is 9.59 Å². The van der Waals surface area contributed by atoms with Crippen LogP contribution in [-0.2, 0) is 9.59 Å². The number of aliphatic carboxylic acids is 1. The van der Waals surface area contributed by atoms with Gasteiger partial charge in [-0.15, -0.1) is 0 Å². The zero-order chi connectivity index (χ0) is 12.9. The van der Waals surface area contributed by atoms with Crippen molar-refractivity contribution in [3.05, 3.63) is 0 Å². The summed E-state index contributed by atoms with van der Waals surface area (Å²) in [4.78, 5) is 21.0. The second kappa shape index (κ2) is 5.72. The van der Waals surface area contributed by atoms with Gasteiger partial charge in [0.05, 0.1) is 6.42 Å². The van der Waals surface area contributed by atoms with E-state index in [0.29, 0.717) is 0 Å². The Morgan fingerprint density at radius 2 is 1.81 bits per heavy atom. The highest BCUT2D eigenvalue weighted by atomic mass is 19.4. The molecule has 0 rings (SSSR count). The van der Waals surface area contributed by atoms with Crippen LogP contribution >= 0.6 is 0 Å². The number of halogens is 3. The average Bonchev–Trinajstić information content (AvgIpc) is 1.98. The second-order valence-electron chi connectivity index (χ2n) is 3.90. The van der Waals surface area contributed by atoms with Gasteiger partial charge in [0.1, 0.15) is 0 Å². The lowest BCUT2D eigenvalue weighted by Gasteiger charge is -2.19. The lowest BCUT2D eigenvalue weighted by molar-refractivity contribution is -0.174. The van der Waals surface area contributed by atoms with Crippen LogP contribution in [0, 0.1) is 5.92 Å². The monoisotopic (exact) mass is 241 g/mol. The Morgan fingerprint density at radius 1 is 1.31 bits per heavy atom. The molecule has 1 amide bonds. The van der Waals surface area contributed by atoms with E-state index in [0.717, 1.165) is 0 Å². The molecule has 0 spiro atoms. The van der Waals surface area contributed by atoms with E-state index in [2.05, 4.69) is 0 Å². The van der Waals surface area contributed by atoms with Crippen LogP contribution < -0.4 is 5.32 Å². The van der Waals surface area contributed by atoms with E-state index in [1.165, 1.54) is 0 Å². The molecule has 0 heterocycles. The highest BCUT2D eigenvalue weighted by molar-refractivity contribution is 5.82. The van der Waals surface area contributed by atoms with Crippen molar-refractivity contribution in [2.45, 2.75) is 38.9 Å². The molecule has 2 N–H and O–H groups in total. The minimum Gasteiger partial charge on any atom is -0.481 e. The smallest absolute Gasteiger partial charge is 0.471 e. The summed E-state index contributed by atoms with van der Waals surface area (Å²) in [6.45, 7) is 3.46. The molecule has 4 nitrogen and oxygen atoms in total. The molecule has 0 unspecified atom stereocenters. The Balaban J connectivity index is 4.42. The van der Waals surface area contributed by atoms with Gasteiger partial charge in [-0.2, -0.15) is 13.2 Å². The third-order valence-corrected chi connectivity index (χ3v) is 1.77. The first-order valence-electron chi connectivity index (χ1n) is 4.72. The molecule has 0 saturated carbocycles. The highest BCUT2D eigenvalue weighted by Crippen LogP contribution is 2.16. The number of carbonyl (C=O) groups is 2. The van der Waals surface area contributed by atoms with E-state index >= 15 is 0 Å². The predicted molar refractivity (Wildman–Crippen MR) is 49.7 cm³/mol. The lowest BCUT2D eigenvalue weighted by atomic mass is 10.0. The lowest BCUT2D eigenvalue weighted by Crippen LogP contribution is -2.44. The van der Waals surface area contributed by atoms with E-state index in [4.69, 9.17) is 5.11 Å². The van der Waals surface area contributed by atoms with Gasteiger partial charge >= 0.3 is 18.1 Å². The quantitative estimate of drug-likeness (QED) is 0.767. The number of carboxylic acids is 1. The van der Waals surface area contributed by atoms with Crippen LogP contribution in [0.4, 0.5) is 13.2 Å². The Labute approximate surface area is 90.8 Å².